The van der Waals surface area contributed by atoms with Crippen LogP contribution in [0.15, 0.2) is 78.9 Å². The molecule has 0 atom stereocenters. The van der Waals surface area contributed by atoms with E-state index in [9.17, 15) is 4.79 Å². The van der Waals surface area contributed by atoms with Crippen molar-refractivity contribution >= 4 is 40.6 Å². The molecule has 1 aromatic heterocycles. The number of esters is 1. The summed E-state index contributed by atoms with van der Waals surface area (Å²) in [4.78, 5) is 17.6. The highest BCUT2D eigenvalue weighted by molar-refractivity contribution is 6.31. The van der Waals surface area contributed by atoms with Crippen molar-refractivity contribution in [1.29, 1.82) is 0 Å². The van der Waals surface area contributed by atoms with Crippen LogP contribution in [0.1, 0.15) is 21.6 Å². The van der Waals surface area contributed by atoms with Crippen LogP contribution in [0.4, 0.5) is 0 Å². The predicted molar refractivity (Wildman–Crippen MR) is 119 cm³/mol. The number of benzene rings is 3. The molecule has 0 fully saturated rings. The Hall–Kier alpha value is -3.43. The van der Waals surface area contributed by atoms with Crippen molar-refractivity contribution in [2.24, 2.45) is 0 Å². The lowest BCUT2D eigenvalue weighted by molar-refractivity contribution is 0.0601. The summed E-state index contributed by atoms with van der Waals surface area (Å²) in [6.07, 6.45) is 3.79. The maximum absolute atomic E-state index is 12.8. The van der Waals surface area contributed by atoms with E-state index in [1.54, 1.807) is 6.07 Å². The normalized spacial score (nSPS) is 11.1. The van der Waals surface area contributed by atoms with Gasteiger partial charge >= 0.3 is 5.97 Å². The standard InChI is InChI=1S/C25H18ClNO2/c1-29-25(28)24-22(14-12-17-8-4-2-5-9-17)27-21-15-13-19(26)16-20(21)23(24)18-10-6-3-7-11-18/h2-16H,1H3/b14-12+. The largest absolute Gasteiger partial charge is 0.465 e. The van der Waals surface area contributed by atoms with Gasteiger partial charge in [-0.25, -0.2) is 9.78 Å². The van der Waals surface area contributed by atoms with Crippen molar-refractivity contribution in [1.82, 2.24) is 4.98 Å². The van der Waals surface area contributed by atoms with Crippen LogP contribution in [0.5, 0.6) is 0 Å². The predicted octanol–water partition coefficient (Wildman–Crippen LogP) is 6.51. The second kappa shape index (κ2) is 8.29. The smallest absolute Gasteiger partial charge is 0.340 e. The summed E-state index contributed by atoms with van der Waals surface area (Å²) in [5.74, 6) is -0.439. The summed E-state index contributed by atoms with van der Waals surface area (Å²) in [5.41, 5.74) is 4.40. The van der Waals surface area contributed by atoms with Crippen molar-refractivity contribution in [3.8, 4) is 11.1 Å². The van der Waals surface area contributed by atoms with Gasteiger partial charge in [0.15, 0.2) is 0 Å². The average Bonchev–Trinajstić information content (AvgIpc) is 2.77. The Kier molecular flexibility index (Phi) is 5.41. The van der Waals surface area contributed by atoms with Crippen molar-refractivity contribution in [3.05, 3.63) is 101 Å². The van der Waals surface area contributed by atoms with Crippen LogP contribution in [0, 0.1) is 0 Å². The highest BCUT2D eigenvalue weighted by Crippen LogP contribution is 2.35. The number of hydrogen-bond acceptors (Lipinski definition) is 3. The van der Waals surface area contributed by atoms with Crippen LogP contribution in [0.2, 0.25) is 5.02 Å². The Morgan fingerprint density at radius 2 is 1.62 bits per heavy atom. The number of hydrogen-bond donors (Lipinski definition) is 0. The molecule has 1 heterocycles. The Balaban J connectivity index is 2.04. The summed E-state index contributed by atoms with van der Waals surface area (Å²) >= 11 is 6.27. The van der Waals surface area contributed by atoms with E-state index in [2.05, 4.69) is 0 Å². The number of aromatic nitrogens is 1. The van der Waals surface area contributed by atoms with Crippen LogP contribution in [-0.4, -0.2) is 18.1 Å². The highest BCUT2D eigenvalue weighted by atomic mass is 35.5. The molecule has 3 nitrogen and oxygen atoms in total. The van der Waals surface area contributed by atoms with Crippen molar-refractivity contribution in [2.75, 3.05) is 7.11 Å². The van der Waals surface area contributed by atoms with Gasteiger partial charge in [-0.3, -0.25) is 0 Å². The SMILES string of the molecule is COC(=O)c1c(/C=C/c2ccccc2)nc2ccc(Cl)cc2c1-c1ccccc1. The molecule has 142 valence electrons. The second-order valence-corrected chi connectivity index (χ2v) is 6.95. The first-order valence-corrected chi connectivity index (χ1v) is 9.55. The Bertz CT molecular complexity index is 1200. The minimum atomic E-state index is -0.439. The summed E-state index contributed by atoms with van der Waals surface area (Å²) in [6, 6.07) is 25.1. The molecule has 0 aliphatic carbocycles. The van der Waals surface area contributed by atoms with Gasteiger partial charge in [0.2, 0.25) is 0 Å². The van der Waals surface area contributed by atoms with Gasteiger partial charge in [-0.1, -0.05) is 78.3 Å². The molecule has 0 aliphatic heterocycles. The number of carbonyl (C=O) groups excluding carboxylic acids is 1. The molecule has 0 N–H and O–H groups in total. The quantitative estimate of drug-likeness (QED) is 0.367. The molecule has 4 aromatic rings. The van der Waals surface area contributed by atoms with E-state index >= 15 is 0 Å². The number of ether oxygens (including phenoxy) is 1. The first-order chi connectivity index (χ1) is 14.2. The summed E-state index contributed by atoms with van der Waals surface area (Å²) < 4.78 is 5.12. The molecule has 0 spiro atoms. The minimum Gasteiger partial charge on any atom is -0.465 e. The number of rotatable bonds is 4. The zero-order chi connectivity index (χ0) is 20.2. The maximum Gasteiger partial charge on any atom is 0.340 e. The van der Waals surface area contributed by atoms with Gasteiger partial charge in [-0.2, -0.15) is 0 Å². The van der Waals surface area contributed by atoms with E-state index in [-0.39, 0.29) is 0 Å². The first kappa shape index (κ1) is 18.9. The van der Waals surface area contributed by atoms with Crippen LogP contribution in [0.3, 0.4) is 0 Å². The lowest BCUT2D eigenvalue weighted by Gasteiger charge is -2.15. The lowest BCUT2D eigenvalue weighted by Crippen LogP contribution is -2.09. The molecule has 0 amide bonds. The molecule has 29 heavy (non-hydrogen) atoms. The molecule has 0 unspecified atom stereocenters. The molecule has 4 rings (SSSR count). The monoisotopic (exact) mass is 399 g/mol. The number of methoxy groups -OCH3 is 1. The molecule has 0 bridgehead atoms. The highest BCUT2D eigenvalue weighted by Gasteiger charge is 2.22. The summed E-state index contributed by atoms with van der Waals surface area (Å²) in [7, 11) is 1.38. The maximum atomic E-state index is 12.8. The fourth-order valence-corrected chi connectivity index (χ4v) is 3.50. The van der Waals surface area contributed by atoms with E-state index in [4.69, 9.17) is 21.3 Å². The van der Waals surface area contributed by atoms with Gasteiger partial charge in [-0.05, 0) is 35.4 Å². The number of halogens is 1. The molecule has 0 saturated heterocycles. The second-order valence-electron chi connectivity index (χ2n) is 6.51. The van der Waals surface area contributed by atoms with E-state index in [1.807, 2.05) is 84.9 Å². The van der Waals surface area contributed by atoms with Crippen molar-refractivity contribution < 1.29 is 9.53 Å². The van der Waals surface area contributed by atoms with Gasteiger partial charge in [0.05, 0.1) is 23.9 Å². The van der Waals surface area contributed by atoms with Gasteiger partial charge < -0.3 is 4.74 Å². The third kappa shape index (κ3) is 3.91. The molecule has 4 heteroatoms. The minimum absolute atomic E-state index is 0.417. The van der Waals surface area contributed by atoms with Crippen LogP contribution < -0.4 is 0 Å². The zero-order valence-electron chi connectivity index (χ0n) is 15.8. The van der Waals surface area contributed by atoms with E-state index in [1.165, 1.54) is 7.11 Å². The number of pyridine rings is 1. The van der Waals surface area contributed by atoms with E-state index in [0.717, 1.165) is 27.6 Å². The van der Waals surface area contributed by atoms with Gasteiger partial charge in [0.1, 0.15) is 0 Å². The van der Waals surface area contributed by atoms with Crippen LogP contribution in [-0.2, 0) is 4.74 Å². The van der Waals surface area contributed by atoms with Gasteiger partial charge in [-0.15, -0.1) is 0 Å². The topological polar surface area (TPSA) is 39.2 Å². The fraction of sp³-hybridized carbons (Fsp3) is 0.0400. The summed E-state index contributed by atoms with van der Waals surface area (Å²) in [6.45, 7) is 0. The van der Waals surface area contributed by atoms with E-state index in [0.29, 0.717) is 16.3 Å². The van der Waals surface area contributed by atoms with Gasteiger partial charge in [0, 0.05) is 16.0 Å². The third-order valence-corrected chi connectivity index (χ3v) is 4.90. The Morgan fingerprint density at radius 3 is 2.31 bits per heavy atom. The number of nitrogens with zero attached hydrogens (tertiary/aromatic N) is 1. The number of fused-ring (bicyclic) bond motifs is 1. The van der Waals surface area contributed by atoms with Crippen LogP contribution in [0.25, 0.3) is 34.2 Å². The molecule has 3 aromatic carbocycles. The number of carbonyl (C=O) groups is 1. The third-order valence-electron chi connectivity index (χ3n) is 4.66. The average molecular weight is 400 g/mol. The van der Waals surface area contributed by atoms with Gasteiger partial charge in [0.25, 0.3) is 0 Å². The Morgan fingerprint density at radius 1 is 0.931 bits per heavy atom. The molecule has 0 radical (unpaired) electrons. The first-order valence-electron chi connectivity index (χ1n) is 9.17. The Labute approximate surface area is 174 Å². The van der Waals surface area contributed by atoms with Crippen LogP contribution >= 0.6 is 11.6 Å². The molecular formula is C25H18ClNO2. The lowest BCUT2D eigenvalue weighted by atomic mass is 9.93. The summed E-state index contributed by atoms with van der Waals surface area (Å²) in [5, 5.41) is 1.39. The molecule has 0 saturated carbocycles. The zero-order valence-corrected chi connectivity index (χ0v) is 16.6. The van der Waals surface area contributed by atoms with Crippen molar-refractivity contribution in [2.45, 2.75) is 0 Å². The van der Waals surface area contributed by atoms with E-state index < -0.39 is 5.97 Å². The molecular weight excluding hydrogens is 382 g/mol. The fourth-order valence-electron chi connectivity index (χ4n) is 3.33. The molecule has 0 aliphatic rings. The van der Waals surface area contributed by atoms with Crippen molar-refractivity contribution in [3.63, 3.8) is 0 Å².